The molecule has 1 aliphatic rings. The van der Waals surface area contributed by atoms with Crippen LogP contribution < -0.4 is 5.32 Å². The molecule has 1 aliphatic carbocycles. The highest BCUT2D eigenvalue weighted by atomic mass is 19.3. The maximum atomic E-state index is 13.7. The van der Waals surface area contributed by atoms with E-state index in [0.29, 0.717) is 6.42 Å². The van der Waals surface area contributed by atoms with Gasteiger partial charge in [-0.15, -0.1) is 0 Å². The Balaban J connectivity index is 2.19. The molecule has 0 aliphatic heterocycles. The van der Waals surface area contributed by atoms with Gasteiger partial charge in [-0.3, -0.25) is 4.79 Å². The van der Waals surface area contributed by atoms with Gasteiger partial charge in [-0.05, 0) is 31.4 Å². The molecule has 3 nitrogen and oxygen atoms in total. The summed E-state index contributed by atoms with van der Waals surface area (Å²) >= 11 is 0. The summed E-state index contributed by atoms with van der Waals surface area (Å²) in [6.07, 6.45) is -0.0359. The lowest BCUT2D eigenvalue weighted by Gasteiger charge is -2.41. The Labute approximate surface area is 106 Å². The molecule has 0 heterocycles. The normalized spacial score (nSPS) is 17.7. The minimum Gasteiger partial charge on any atom is -0.383 e. The van der Waals surface area contributed by atoms with Crippen LogP contribution >= 0.6 is 0 Å². The Morgan fingerprint density at radius 1 is 1.32 bits per heavy atom. The zero-order chi connectivity index (χ0) is 14.3. The molecule has 2 N–H and O–H groups in total. The molecule has 0 atom stereocenters. The van der Waals surface area contributed by atoms with Crippen molar-refractivity contribution in [3.05, 3.63) is 29.8 Å². The van der Waals surface area contributed by atoms with Crippen LogP contribution in [0.15, 0.2) is 18.2 Å². The van der Waals surface area contributed by atoms with E-state index in [-0.39, 0.29) is 12.8 Å². The van der Waals surface area contributed by atoms with E-state index < -0.39 is 34.8 Å². The second kappa shape index (κ2) is 4.48. The van der Waals surface area contributed by atoms with Gasteiger partial charge in [0.1, 0.15) is 5.60 Å². The third kappa shape index (κ3) is 2.18. The Kier molecular flexibility index (Phi) is 3.25. The van der Waals surface area contributed by atoms with Crippen molar-refractivity contribution in [2.75, 3.05) is 5.32 Å². The lowest BCUT2D eigenvalue weighted by molar-refractivity contribution is -0.212. The molecule has 0 aromatic heterocycles. The van der Waals surface area contributed by atoms with Crippen LogP contribution in [0.5, 0.6) is 0 Å². The molecule has 0 saturated heterocycles. The Hall–Kier alpha value is -1.63. The van der Waals surface area contributed by atoms with E-state index in [0.717, 1.165) is 18.2 Å². The summed E-state index contributed by atoms with van der Waals surface area (Å²) < 4.78 is 53.5. The minimum absolute atomic E-state index is 0.209. The molecule has 104 valence electrons. The van der Waals surface area contributed by atoms with E-state index in [2.05, 4.69) is 0 Å². The molecule has 0 bridgehead atoms. The smallest absolute Gasteiger partial charge is 0.352 e. The summed E-state index contributed by atoms with van der Waals surface area (Å²) in [6.45, 7) is 0. The molecule has 1 fully saturated rings. The predicted octanol–water partition coefficient (Wildman–Crippen LogP) is 2.45. The number of alkyl halides is 2. The zero-order valence-corrected chi connectivity index (χ0v) is 9.72. The second-order valence-electron chi connectivity index (χ2n) is 4.52. The molecule has 19 heavy (non-hydrogen) atoms. The average Bonchev–Trinajstić information content (AvgIpc) is 2.31. The van der Waals surface area contributed by atoms with Gasteiger partial charge in [-0.2, -0.15) is 8.78 Å². The predicted molar refractivity (Wildman–Crippen MR) is 58.7 cm³/mol. The Bertz CT molecular complexity index is 514. The molecule has 1 amide bonds. The topological polar surface area (TPSA) is 49.3 Å². The van der Waals surface area contributed by atoms with Gasteiger partial charge in [0, 0.05) is 0 Å². The van der Waals surface area contributed by atoms with Crippen LogP contribution in [0.3, 0.4) is 0 Å². The van der Waals surface area contributed by atoms with E-state index in [4.69, 9.17) is 0 Å². The van der Waals surface area contributed by atoms with Crippen molar-refractivity contribution in [1.29, 1.82) is 0 Å². The number of carbonyl (C=O) groups is 1. The Morgan fingerprint density at radius 3 is 2.47 bits per heavy atom. The summed E-state index contributed by atoms with van der Waals surface area (Å²) in [4.78, 5) is 11.4. The van der Waals surface area contributed by atoms with Crippen LogP contribution in [0.25, 0.3) is 0 Å². The first-order valence-electron chi connectivity index (χ1n) is 5.63. The molecule has 1 aromatic rings. The molecule has 2 rings (SSSR count). The largest absolute Gasteiger partial charge is 0.383 e. The number of amides is 1. The van der Waals surface area contributed by atoms with Crippen LogP contribution in [0.4, 0.5) is 23.2 Å². The van der Waals surface area contributed by atoms with Crippen molar-refractivity contribution in [3.63, 3.8) is 0 Å². The summed E-state index contributed by atoms with van der Waals surface area (Å²) in [5.74, 6) is -8.58. The van der Waals surface area contributed by atoms with E-state index in [9.17, 15) is 27.5 Å². The zero-order valence-electron chi connectivity index (χ0n) is 9.72. The first-order valence-corrected chi connectivity index (χ1v) is 5.63. The molecule has 1 aromatic carbocycles. The number of nitrogens with one attached hydrogen (secondary N) is 1. The minimum atomic E-state index is -4.05. The summed E-state index contributed by atoms with van der Waals surface area (Å²) in [6, 6.07) is 2.82. The van der Waals surface area contributed by atoms with Crippen LogP contribution in [-0.2, 0) is 4.79 Å². The van der Waals surface area contributed by atoms with Gasteiger partial charge < -0.3 is 10.4 Å². The number of benzene rings is 1. The van der Waals surface area contributed by atoms with E-state index in [1.54, 1.807) is 5.32 Å². The Morgan fingerprint density at radius 2 is 1.95 bits per heavy atom. The fraction of sp³-hybridized carbons (Fsp3) is 0.417. The van der Waals surface area contributed by atoms with Crippen molar-refractivity contribution < 1.29 is 27.5 Å². The third-order valence-electron chi connectivity index (χ3n) is 3.25. The first kappa shape index (κ1) is 13.8. The maximum absolute atomic E-state index is 13.7. The van der Waals surface area contributed by atoms with Gasteiger partial charge in [0.05, 0.1) is 5.69 Å². The molecule has 0 unspecified atom stereocenters. The molecular weight excluding hydrogens is 266 g/mol. The number of aliphatic hydroxyl groups is 1. The number of carbonyl (C=O) groups excluding carboxylic acids is 1. The molecule has 1 saturated carbocycles. The fourth-order valence-electron chi connectivity index (χ4n) is 1.84. The van der Waals surface area contributed by atoms with Crippen LogP contribution in [0.2, 0.25) is 0 Å². The lowest BCUT2D eigenvalue weighted by atomic mass is 9.75. The van der Waals surface area contributed by atoms with Crippen molar-refractivity contribution >= 4 is 11.6 Å². The van der Waals surface area contributed by atoms with Gasteiger partial charge >= 0.3 is 5.92 Å². The number of halogens is 4. The molecule has 0 radical (unpaired) electrons. The fourth-order valence-corrected chi connectivity index (χ4v) is 1.84. The summed E-state index contributed by atoms with van der Waals surface area (Å²) in [5, 5.41) is 11.1. The van der Waals surface area contributed by atoms with Crippen molar-refractivity contribution in [2.45, 2.75) is 30.8 Å². The maximum Gasteiger partial charge on any atom is 0.352 e. The third-order valence-corrected chi connectivity index (χ3v) is 3.25. The van der Waals surface area contributed by atoms with Crippen LogP contribution in [-0.4, -0.2) is 22.5 Å². The van der Waals surface area contributed by atoms with Gasteiger partial charge in [-0.25, -0.2) is 8.78 Å². The van der Waals surface area contributed by atoms with Gasteiger partial charge in [0.15, 0.2) is 11.6 Å². The summed E-state index contributed by atoms with van der Waals surface area (Å²) in [5.41, 5.74) is -3.09. The number of hydrogen-bond donors (Lipinski definition) is 2. The number of hydrogen-bond acceptors (Lipinski definition) is 2. The number of anilines is 1. The van der Waals surface area contributed by atoms with Gasteiger partial charge in [0.2, 0.25) is 0 Å². The van der Waals surface area contributed by atoms with E-state index >= 15 is 0 Å². The average molecular weight is 277 g/mol. The van der Waals surface area contributed by atoms with Gasteiger partial charge in [0.25, 0.3) is 5.91 Å². The molecule has 0 spiro atoms. The van der Waals surface area contributed by atoms with Crippen molar-refractivity contribution in [1.82, 2.24) is 0 Å². The van der Waals surface area contributed by atoms with Crippen molar-refractivity contribution in [3.8, 4) is 0 Å². The second-order valence-corrected chi connectivity index (χ2v) is 4.52. The van der Waals surface area contributed by atoms with E-state index in [1.807, 2.05) is 0 Å². The van der Waals surface area contributed by atoms with Crippen LogP contribution in [0.1, 0.15) is 19.3 Å². The monoisotopic (exact) mass is 277 g/mol. The standard InChI is InChI=1S/C12H11F4NO2/c13-7-3-1-4-8(9(7)14)17-10(18)12(15,16)11(19)5-2-6-11/h1,3-4,19H,2,5-6H2,(H,17,18). The highest BCUT2D eigenvalue weighted by molar-refractivity contribution is 5.97. The molecule has 7 heteroatoms. The lowest BCUT2D eigenvalue weighted by Crippen LogP contribution is -2.59. The summed E-state index contributed by atoms with van der Waals surface area (Å²) in [7, 11) is 0. The van der Waals surface area contributed by atoms with E-state index in [1.165, 1.54) is 0 Å². The van der Waals surface area contributed by atoms with Crippen LogP contribution in [0, 0.1) is 11.6 Å². The quantitative estimate of drug-likeness (QED) is 0.834. The van der Waals surface area contributed by atoms with Crippen molar-refractivity contribution in [2.24, 2.45) is 0 Å². The highest BCUT2D eigenvalue weighted by Gasteiger charge is 2.61. The highest BCUT2D eigenvalue weighted by Crippen LogP contribution is 2.44. The first-order chi connectivity index (χ1) is 8.78. The number of rotatable bonds is 3. The molecular formula is C12H11F4NO2. The SMILES string of the molecule is O=C(Nc1cccc(F)c1F)C(F)(F)C1(O)CCC1. The van der Waals surface area contributed by atoms with Gasteiger partial charge in [-0.1, -0.05) is 6.07 Å².